The molecule has 1 fully saturated rings. The predicted octanol–water partition coefficient (Wildman–Crippen LogP) is 3.31. The van der Waals surface area contributed by atoms with Crippen LogP contribution in [-0.4, -0.2) is 10.6 Å². The second-order valence-corrected chi connectivity index (χ2v) is 5.37. The summed E-state index contributed by atoms with van der Waals surface area (Å²) in [7, 11) is 0. The van der Waals surface area contributed by atoms with Gasteiger partial charge in [0.2, 0.25) is 0 Å². The van der Waals surface area contributed by atoms with Gasteiger partial charge in [0.15, 0.2) is 0 Å². The van der Waals surface area contributed by atoms with Gasteiger partial charge in [-0.1, -0.05) is 6.07 Å². The number of fused-ring (bicyclic) bond motifs is 1. The quantitative estimate of drug-likeness (QED) is 0.616. The van der Waals surface area contributed by atoms with E-state index >= 15 is 0 Å². The number of hydrogen-bond donors (Lipinski definition) is 1. The van der Waals surface area contributed by atoms with Crippen LogP contribution in [0.2, 0.25) is 0 Å². The van der Waals surface area contributed by atoms with Crippen molar-refractivity contribution in [2.75, 3.05) is 0 Å². The zero-order valence-corrected chi connectivity index (χ0v) is 11.2. The monoisotopic (exact) mass is 252 g/mol. The van der Waals surface area contributed by atoms with Crippen molar-refractivity contribution in [1.29, 1.82) is 0 Å². The van der Waals surface area contributed by atoms with Gasteiger partial charge in [0.05, 0.1) is 0 Å². The van der Waals surface area contributed by atoms with Crippen molar-refractivity contribution in [3.05, 3.63) is 36.0 Å². The number of rotatable bonds is 6. The Morgan fingerprint density at radius 3 is 3.00 bits per heavy atom. The maximum atomic E-state index is 5.30. The number of aryl methyl sites for hydroxylation is 1. The summed E-state index contributed by atoms with van der Waals surface area (Å²) >= 11 is 0. The van der Waals surface area contributed by atoms with Crippen LogP contribution < -0.4 is 5.32 Å². The number of nitrogens with zero attached hydrogens (tertiary/aromatic N) is 1. The van der Waals surface area contributed by atoms with Gasteiger partial charge in [0.1, 0.15) is 0 Å². The fourth-order valence-corrected chi connectivity index (χ4v) is 2.46. The molecular formula is C17H20N2. The SMILES string of the molecule is C#CCCCn1ccc2cc(CNC3CC3)ccc21. The molecule has 0 amide bonds. The van der Waals surface area contributed by atoms with Crippen LogP contribution in [0.5, 0.6) is 0 Å². The van der Waals surface area contributed by atoms with Crippen LogP contribution in [0.4, 0.5) is 0 Å². The number of nitrogens with one attached hydrogen (secondary N) is 1. The minimum absolute atomic E-state index is 0.768. The summed E-state index contributed by atoms with van der Waals surface area (Å²) in [6.45, 7) is 2.00. The first kappa shape index (κ1) is 12.3. The van der Waals surface area contributed by atoms with Gasteiger partial charge in [-0.15, -0.1) is 12.3 Å². The lowest BCUT2D eigenvalue weighted by Crippen LogP contribution is -2.15. The van der Waals surface area contributed by atoms with Gasteiger partial charge in [-0.05, 0) is 48.4 Å². The van der Waals surface area contributed by atoms with Crippen LogP contribution in [-0.2, 0) is 13.1 Å². The Kier molecular flexibility index (Phi) is 3.57. The molecule has 1 aliphatic carbocycles. The topological polar surface area (TPSA) is 17.0 Å². The first-order chi connectivity index (χ1) is 9.36. The van der Waals surface area contributed by atoms with Crippen molar-refractivity contribution in [3.63, 3.8) is 0 Å². The Bertz CT molecular complexity index is 599. The molecule has 1 aliphatic rings. The van der Waals surface area contributed by atoms with Crippen LogP contribution >= 0.6 is 0 Å². The van der Waals surface area contributed by atoms with Crippen LogP contribution in [0.25, 0.3) is 10.9 Å². The predicted molar refractivity (Wildman–Crippen MR) is 79.9 cm³/mol. The molecule has 2 heteroatoms. The summed E-state index contributed by atoms with van der Waals surface area (Å²) in [5.41, 5.74) is 2.69. The van der Waals surface area contributed by atoms with Gasteiger partial charge in [-0.2, -0.15) is 0 Å². The maximum Gasteiger partial charge on any atom is 0.0480 e. The smallest absolute Gasteiger partial charge is 0.0480 e. The number of unbranched alkanes of at least 4 members (excludes halogenated alkanes) is 1. The highest BCUT2D eigenvalue weighted by atomic mass is 15.0. The molecule has 19 heavy (non-hydrogen) atoms. The molecule has 1 heterocycles. The molecule has 2 nitrogen and oxygen atoms in total. The number of hydrogen-bond acceptors (Lipinski definition) is 1. The van der Waals surface area contributed by atoms with Crippen LogP contribution in [0, 0.1) is 12.3 Å². The minimum Gasteiger partial charge on any atom is -0.347 e. The van der Waals surface area contributed by atoms with Crippen molar-refractivity contribution in [2.45, 2.75) is 44.8 Å². The van der Waals surface area contributed by atoms with Crippen molar-refractivity contribution >= 4 is 10.9 Å². The molecule has 1 N–H and O–H groups in total. The molecule has 0 saturated heterocycles. The van der Waals surface area contributed by atoms with Gasteiger partial charge in [0.25, 0.3) is 0 Å². The molecule has 0 aliphatic heterocycles. The van der Waals surface area contributed by atoms with Crippen LogP contribution in [0.1, 0.15) is 31.2 Å². The molecule has 3 rings (SSSR count). The van der Waals surface area contributed by atoms with Gasteiger partial charge in [-0.3, -0.25) is 0 Å². The van der Waals surface area contributed by atoms with E-state index in [0.717, 1.165) is 32.0 Å². The molecule has 0 radical (unpaired) electrons. The number of aromatic nitrogens is 1. The standard InChI is InChI=1S/C17H20N2/c1-2-3-4-10-19-11-9-15-12-14(5-8-17(15)19)13-18-16-6-7-16/h1,5,8-9,11-12,16,18H,3-4,6-7,10,13H2. The van der Waals surface area contributed by atoms with E-state index in [9.17, 15) is 0 Å². The van der Waals surface area contributed by atoms with E-state index in [1.165, 1.54) is 29.3 Å². The maximum absolute atomic E-state index is 5.30. The Balaban J connectivity index is 1.71. The highest BCUT2D eigenvalue weighted by Crippen LogP contribution is 2.21. The zero-order chi connectivity index (χ0) is 13.1. The van der Waals surface area contributed by atoms with Gasteiger partial charge in [-0.25, -0.2) is 0 Å². The lowest BCUT2D eigenvalue weighted by molar-refractivity contribution is 0.676. The fraction of sp³-hybridized carbons (Fsp3) is 0.412. The number of benzene rings is 1. The summed E-state index contributed by atoms with van der Waals surface area (Å²) in [6.07, 6.45) is 12.0. The van der Waals surface area contributed by atoms with Gasteiger partial charge in [0, 0.05) is 37.3 Å². The Morgan fingerprint density at radius 2 is 2.21 bits per heavy atom. The highest BCUT2D eigenvalue weighted by Gasteiger charge is 2.19. The molecule has 2 aromatic rings. The largest absolute Gasteiger partial charge is 0.347 e. The van der Waals surface area contributed by atoms with Crippen molar-refractivity contribution in [2.24, 2.45) is 0 Å². The molecular weight excluding hydrogens is 232 g/mol. The van der Waals surface area contributed by atoms with E-state index < -0.39 is 0 Å². The Hall–Kier alpha value is -1.72. The van der Waals surface area contributed by atoms with Crippen molar-refractivity contribution < 1.29 is 0 Å². The van der Waals surface area contributed by atoms with E-state index in [1.54, 1.807) is 0 Å². The second kappa shape index (κ2) is 5.50. The molecule has 0 atom stereocenters. The zero-order valence-electron chi connectivity index (χ0n) is 11.2. The first-order valence-electron chi connectivity index (χ1n) is 7.11. The molecule has 1 aromatic carbocycles. The normalized spacial score (nSPS) is 14.7. The summed E-state index contributed by atoms with van der Waals surface area (Å²) in [4.78, 5) is 0. The van der Waals surface area contributed by atoms with Gasteiger partial charge >= 0.3 is 0 Å². The van der Waals surface area contributed by atoms with Crippen LogP contribution in [0.3, 0.4) is 0 Å². The van der Waals surface area contributed by atoms with Crippen molar-refractivity contribution in [1.82, 2.24) is 9.88 Å². The average molecular weight is 252 g/mol. The van der Waals surface area contributed by atoms with E-state index in [4.69, 9.17) is 6.42 Å². The summed E-state index contributed by atoms with van der Waals surface area (Å²) in [5, 5.41) is 4.89. The highest BCUT2D eigenvalue weighted by molar-refractivity contribution is 5.80. The van der Waals surface area contributed by atoms with E-state index in [2.05, 4.69) is 46.3 Å². The third kappa shape index (κ3) is 3.00. The molecule has 0 bridgehead atoms. The Morgan fingerprint density at radius 1 is 1.32 bits per heavy atom. The summed E-state index contributed by atoms with van der Waals surface area (Å²) in [6, 6.07) is 9.72. The van der Waals surface area contributed by atoms with E-state index in [0.29, 0.717) is 0 Å². The van der Waals surface area contributed by atoms with Crippen molar-refractivity contribution in [3.8, 4) is 12.3 Å². The lowest BCUT2D eigenvalue weighted by Gasteiger charge is -2.06. The van der Waals surface area contributed by atoms with E-state index in [-0.39, 0.29) is 0 Å². The summed E-state index contributed by atoms with van der Waals surface area (Å²) < 4.78 is 2.30. The molecule has 0 unspecified atom stereocenters. The molecule has 1 saturated carbocycles. The van der Waals surface area contributed by atoms with Crippen LogP contribution in [0.15, 0.2) is 30.5 Å². The fourth-order valence-electron chi connectivity index (χ4n) is 2.46. The number of terminal acetylenes is 1. The molecule has 98 valence electrons. The van der Waals surface area contributed by atoms with E-state index in [1.807, 2.05) is 0 Å². The summed E-state index contributed by atoms with van der Waals surface area (Å²) in [5.74, 6) is 2.70. The molecule has 1 aromatic heterocycles. The minimum atomic E-state index is 0.768. The molecule has 0 spiro atoms. The second-order valence-electron chi connectivity index (χ2n) is 5.37. The Labute approximate surface area is 114 Å². The average Bonchev–Trinajstić information content (AvgIpc) is 3.18. The lowest BCUT2D eigenvalue weighted by atomic mass is 10.1. The first-order valence-corrected chi connectivity index (χ1v) is 7.11. The third-order valence-corrected chi connectivity index (χ3v) is 3.73. The van der Waals surface area contributed by atoms with Gasteiger partial charge < -0.3 is 9.88 Å². The third-order valence-electron chi connectivity index (χ3n) is 3.73.